The second-order valence-corrected chi connectivity index (χ2v) is 12.4. The molecule has 6 rings (SSSR count). The fraction of sp³-hybridized carbons (Fsp3) is 0.206. The summed E-state index contributed by atoms with van der Waals surface area (Å²) >= 11 is 2.87. The quantitative estimate of drug-likeness (QED) is 0.173. The summed E-state index contributed by atoms with van der Waals surface area (Å²) in [6, 6.07) is 26.5. The highest BCUT2D eigenvalue weighted by atomic mass is 32.2. The van der Waals surface area contributed by atoms with Gasteiger partial charge in [-0.3, -0.25) is 14.2 Å². The number of benzene rings is 3. The van der Waals surface area contributed by atoms with Gasteiger partial charge >= 0.3 is 0 Å². The summed E-state index contributed by atoms with van der Waals surface area (Å²) in [5, 5.41) is 20.7. The Morgan fingerprint density at radius 1 is 0.935 bits per heavy atom. The van der Waals surface area contributed by atoms with Crippen LogP contribution in [-0.4, -0.2) is 57.3 Å². The van der Waals surface area contributed by atoms with Crippen LogP contribution in [0.2, 0.25) is 0 Å². The van der Waals surface area contributed by atoms with Crippen LogP contribution >= 0.6 is 23.1 Å². The SMILES string of the molecule is COc1ccccc1C(=O)NCc1nnc(SCC(=O)N2N=C(c3cccs3)CC2c2ccc(C)cc2)n1-c1ccccc1OC. The molecule has 2 aromatic heterocycles. The highest BCUT2D eigenvalue weighted by Gasteiger charge is 2.34. The van der Waals surface area contributed by atoms with Crippen molar-refractivity contribution in [2.45, 2.75) is 31.1 Å². The molecule has 1 N–H and O–H groups in total. The maximum Gasteiger partial charge on any atom is 0.255 e. The van der Waals surface area contributed by atoms with Crippen LogP contribution in [0.3, 0.4) is 0 Å². The molecule has 0 spiro atoms. The number of nitrogens with one attached hydrogen (secondary N) is 1. The summed E-state index contributed by atoms with van der Waals surface area (Å²) in [6.45, 7) is 2.12. The summed E-state index contributed by atoms with van der Waals surface area (Å²) in [5.41, 5.74) is 4.17. The molecule has 3 aromatic carbocycles. The second kappa shape index (κ2) is 14.0. The normalized spacial score (nSPS) is 14.2. The molecule has 0 fully saturated rings. The van der Waals surface area contributed by atoms with Gasteiger partial charge in [0.15, 0.2) is 11.0 Å². The largest absolute Gasteiger partial charge is 0.496 e. The Balaban J connectivity index is 1.26. The molecule has 0 radical (unpaired) electrons. The zero-order chi connectivity index (χ0) is 32.0. The molecule has 10 nitrogen and oxygen atoms in total. The standard InChI is InChI=1S/C34H32N6O4S2/c1-22-14-16-23(17-15-22)27-19-25(30-13-8-18-45-30)38-40(27)32(41)21-46-34-37-36-31(39(34)26-10-5-7-12-29(26)44-3)20-35-33(42)24-9-4-6-11-28(24)43-2/h4-18,27H,19-21H2,1-3H3,(H,35,42). The monoisotopic (exact) mass is 652 g/mol. The van der Waals surface area contributed by atoms with Gasteiger partial charge in [0, 0.05) is 6.42 Å². The van der Waals surface area contributed by atoms with Gasteiger partial charge in [0.25, 0.3) is 11.8 Å². The van der Waals surface area contributed by atoms with Crippen molar-refractivity contribution in [3.8, 4) is 17.2 Å². The van der Waals surface area contributed by atoms with Gasteiger partial charge in [-0.15, -0.1) is 21.5 Å². The zero-order valence-corrected chi connectivity index (χ0v) is 27.2. The fourth-order valence-corrected chi connectivity index (χ4v) is 6.76. The first-order valence-corrected chi connectivity index (χ1v) is 16.4. The number of carbonyl (C=O) groups excluding carboxylic acids is 2. The molecule has 5 aromatic rings. The molecule has 46 heavy (non-hydrogen) atoms. The van der Waals surface area contributed by atoms with Gasteiger partial charge in [0.2, 0.25) is 0 Å². The lowest BCUT2D eigenvalue weighted by Gasteiger charge is -2.22. The number of hydrazone groups is 1. The van der Waals surface area contributed by atoms with Gasteiger partial charge in [-0.1, -0.05) is 71.9 Å². The number of ether oxygens (including phenoxy) is 2. The Labute approximate surface area is 275 Å². The Morgan fingerprint density at radius 2 is 1.67 bits per heavy atom. The van der Waals surface area contributed by atoms with Crippen LogP contribution in [0.15, 0.2) is 101 Å². The fourth-order valence-electron chi connectivity index (χ4n) is 5.22. The van der Waals surface area contributed by atoms with Crippen molar-refractivity contribution >= 4 is 40.6 Å². The first-order chi connectivity index (χ1) is 22.5. The van der Waals surface area contributed by atoms with Gasteiger partial charge < -0.3 is 14.8 Å². The smallest absolute Gasteiger partial charge is 0.255 e. The molecule has 1 atom stereocenters. The Bertz CT molecular complexity index is 1870. The van der Waals surface area contributed by atoms with Gasteiger partial charge in [-0.25, -0.2) is 5.01 Å². The van der Waals surface area contributed by atoms with Crippen molar-refractivity contribution in [1.82, 2.24) is 25.1 Å². The van der Waals surface area contributed by atoms with Crippen molar-refractivity contribution in [1.29, 1.82) is 0 Å². The minimum atomic E-state index is -0.313. The van der Waals surface area contributed by atoms with Crippen molar-refractivity contribution in [2.24, 2.45) is 5.10 Å². The van der Waals surface area contributed by atoms with E-state index in [9.17, 15) is 9.59 Å². The molecule has 234 valence electrons. The third-order valence-electron chi connectivity index (χ3n) is 7.54. The van der Waals surface area contributed by atoms with E-state index in [4.69, 9.17) is 14.6 Å². The first-order valence-electron chi connectivity index (χ1n) is 14.6. The first kappa shape index (κ1) is 31.1. The topological polar surface area (TPSA) is 111 Å². The van der Waals surface area contributed by atoms with E-state index in [0.29, 0.717) is 40.2 Å². The summed E-state index contributed by atoms with van der Waals surface area (Å²) in [4.78, 5) is 28.0. The summed E-state index contributed by atoms with van der Waals surface area (Å²) in [5.74, 6) is 1.15. The van der Waals surface area contributed by atoms with E-state index in [2.05, 4.69) is 39.8 Å². The van der Waals surface area contributed by atoms with E-state index >= 15 is 0 Å². The number of nitrogens with zero attached hydrogens (tertiary/aromatic N) is 5. The predicted octanol–water partition coefficient (Wildman–Crippen LogP) is 6.05. The number of thioether (sulfide) groups is 1. The van der Waals surface area contributed by atoms with Crippen molar-refractivity contribution in [3.63, 3.8) is 0 Å². The molecule has 1 aliphatic rings. The lowest BCUT2D eigenvalue weighted by atomic mass is 10.00. The van der Waals surface area contributed by atoms with Crippen LogP contribution in [0.25, 0.3) is 5.69 Å². The number of rotatable bonds is 11. The summed E-state index contributed by atoms with van der Waals surface area (Å²) < 4.78 is 12.8. The second-order valence-electron chi connectivity index (χ2n) is 10.5. The van der Waals surface area contributed by atoms with Crippen LogP contribution in [-0.2, 0) is 11.3 Å². The summed E-state index contributed by atoms with van der Waals surface area (Å²) in [7, 11) is 3.11. The molecule has 1 unspecified atom stereocenters. The number of amides is 2. The van der Waals surface area contributed by atoms with Gasteiger partial charge in [-0.2, -0.15) is 5.10 Å². The Morgan fingerprint density at radius 3 is 2.41 bits per heavy atom. The van der Waals surface area contributed by atoms with Crippen LogP contribution < -0.4 is 14.8 Å². The van der Waals surface area contributed by atoms with E-state index in [-0.39, 0.29) is 30.2 Å². The molecular weight excluding hydrogens is 621 g/mol. The molecule has 2 amide bonds. The number of para-hydroxylation sites is 3. The maximum atomic E-state index is 13.8. The Hall–Kier alpha value is -4.94. The highest BCUT2D eigenvalue weighted by Crippen LogP contribution is 2.35. The molecule has 0 bridgehead atoms. The van der Waals surface area contributed by atoms with E-state index in [1.54, 1.807) is 52.3 Å². The van der Waals surface area contributed by atoms with E-state index in [0.717, 1.165) is 21.7 Å². The van der Waals surface area contributed by atoms with E-state index in [1.165, 1.54) is 18.9 Å². The number of aryl methyl sites for hydroxylation is 1. The van der Waals surface area contributed by atoms with Crippen LogP contribution in [0.1, 0.15) is 44.6 Å². The predicted molar refractivity (Wildman–Crippen MR) is 179 cm³/mol. The number of hydrogen-bond donors (Lipinski definition) is 1. The maximum absolute atomic E-state index is 13.8. The number of thiophene rings is 1. The van der Waals surface area contributed by atoms with Crippen LogP contribution in [0.4, 0.5) is 0 Å². The number of carbonyl (C=O) groups is 2. The molecule has 0 saturated heterocycles. The minimum Gasteiger partial charge on any atom is -0.496 e. The van der Waals surface area contributed by atoms with Gasteiger partial charge in [-0.05, 0) is 48.2 Å². The van der Waals surface area contributed by atoms with Crippen LogP contribution in [0, 0.1) is 6.92 Å². The van der Waals surface area contributed by atoms with E-state index < -0.39 is 0 Å². The number of hydrogen-bond acceptors (Lipinski definition) is 9. The third-order valence-corrected chi connectivity index (χ3v) is 9.38. The third kappa shape index (κ3) is 6.53. The summed E-state index contributed by atoms with van der Waals surface area (Å²) in [6.07, 6.45) is 0.632. The average Bonchev–Trinajstić information content (AvgIpc) is 3.87. The molecular formula is C34H32N6O4S2. The highest BCUT2D eigenvalue weighted by molar-refractivity contribution is 7.99. The molecule has 0 saturated carbocycles. The lowest BCUT2D eigenvalue weighted by molar-refractivity contribution is -0.130. The zero-order valence-electron chi connectivity index (χ0n) is 25.5. The Kier molecular flexibility index (Phi) is 9.46. The van der Waals surface area contributed by atoms with Crippen LogP contribution in [0.5, 0.6) is 11.5 Å². The molecule has 3 heterocycles. The molecule has 0 aliphatic carbocycles. The average molecular weight is 653 g/mol. The number of aromatic nitrogens is 3. The molecule has 1 aliphatic heterocycles. The van der Waals surface area contributed by atoms with Gasteiger partial charge in [0.05, 0.1) is 54.4 Å². The van der Waals surface area contributed by atoms with E-state index in [1.807, 2.05) is 48.7 Å². The van der Waals surface area contributed by atoms with Crippen molar-refractivity contribution < 1.29 is 19.1 Å². The van der Waals surface area contributed by atoms with Crippen molar-refractivity contribution in [2.75, 3.05) is 20.0 Å². The van der Waals surface area contributed by atoms with Gasteiger partial charge in [0.1, 0.15) is 11.5 Å². The van der Waals surface area contributed by atoms with Crippen molar-refractivity contribution in [3.05, 3.63) is 118 Å². The molecule has 12 heteroatoms. The lowest BCUT2D eigenvalue weighted by Crippen LogP contribution is -2.28. The minimum absolute atomic E-state index is 0.0738. The number of methoxy groups -OCH3 is 2.